The van der Waals surface area contributed by atoms with Gasteiger partial charge in [-0.2, -0.15) is 5.10 Å². The molecule has 1 unspecified atom stereocenters. The van der Waals surface area contributed by atoms with Crippen molar-refractivity contribution in [2.75, 3.05) is 13.1 Å². The van der Waals surface area contributed by atoms with Crippen molar-refractivity contribution in [2.45, 2.75) is 18.9 Å². The van der Waals surface area contributed by atoms with Crippen LogP contribution < -0.4 is 5.32 Å². The predicted molar refractivity (Wildman–Crippen MR) is 65.9 cm³/mol. The smallest absolute Gasteiger partial charge is 0.0687 e. The number of piperidine rings is 1. The molecule has 1 aliphatic rings. The molecule has 1 aromatic heterocycles. The Morgan fingerprint density at radius 1 is 1.44 bits per heavy atom. The molecule has 1 atom stereocenters. The number of aromatic nitrogens is 2. The highest BCUT2D eigenvalue weighted by atomic mass is 35.5. The van der Waals surface area contributed by atoms with Crippen LogP contribution in [0, 0.1) is 0 Å². The summed E-state index contributed by atoms with van der Waals surface area (Å²) in [6, 6.07) is 6.43. The van der Waals surface area contributed by atoms with Gasteiger partial charge in [-0.25, -0.2) is 0 Å². The van der Waals surface area contributed by atoms with Gasteiger partial charge in [-0.3, -0.25) is 4.68 Å². The highest BCUT2D eigenvalue weighted by molar-refractivity contribution is 6.31. The number of nitrogens with zero attached hydrogens (tertiary/aromatic N) is 2. The Bertz CT molecular complexity index is 500. The molecule has 1 aliphatic heterocycles. The van der Waals surface area contributed by atoms with E-state index in [1.54, 1.807) is 0 Å². The van der Waals surface area contributed by atoms with Crippen molar-refractivity contribution >= 4 is 22.5 Å². The molecule has 1 aromatic carbocycles. The average molecular weight is 236 g/mol. The zero-order valence-corrected chi connectivity index (χ0v) is 9.74. The van der Waals surface area contributed by atoms with Gasteiger partial charge in [0, 0.05) is 17.0 Å². The Morgan fingerprint density at radius 2 is 2.38 bits per heavy atom. The van der Waals surface area contributed by atoms with E-state index in [0.29, 0.717) is 6.04 Å². The highest BCUT2D eigenvalue weighted by Gasteiger charge is 2.17. The molecule has 0 amide bonds. The summed E-state index contributed by atoms with van der Waals surface area (Å²) in [7, 11) is 0. The van der Waals surface area contributed by atoms with Crippen molar-refractivity contribution in [3.63, 3.8) is 0 Å². The Balaban J connectivity index is 2.03. The molecular formula is C12H14ClN3. The molecule has 0 saturated carbocycles. The lowest BCUT2D eigenvalue weighted by Crippen LogP contribution is -2.32. The SMILES string of the molecule is Clc1ccc2c(cnn2C2CCCNC2)c1. The zero-order valence-electron chi connectivity index (χ0n) is 8.99. The van der Waals surface area contributed by atoms with Crippen LogP contribution in [-0.4, -0.2) is 22.9 Å². The largest absolute Gasteiger partial charge is 0.315 e. The molecular weight excluding hydrogens is 222 g/mol. The minimum atomic E-state index is 0.479. The first-order chi connectivity index (χ1) is 7.84. The van der Waals surface area contributed by atoms with E-state index in [4.69, 9.17) is 11.6 Å². The fraction of sp³-hybridized carbons (Fsp3) is 0.417. The van der Waals surface area contributed by atoms with E-state index >= 15 is 0 Å². The predicted octanol–water partition coefficient (Wildman–Crippen LogP) is 2.61. The van der Waals surface area contributed by atoms with E-state index in [1.807, 2.05) is 18.3 Å². The maximum absolute atomic E-state index is 5.96. The normalized spacial score (nSPS) is 21.4. The van der Waals surface area contributed by atoms with Gasteiger partial charge >= 0.3 is 0 Å². The molecule has 1 fully saturated rings. The van der Waals surface area contributed by atoms with Gasteiger partial charge in [0.05, 0.1) is 17.8 Å². The molecule has 0 spiro atoms. The number of benzene rings is 1. The van der Waals surface area contributed by atoms with E-state index < -0.39 is 0 Å². The van der Waals surface area contributed by atoms with Gasteiger partial charge in [0.1, 0.15) is 0 Å². The third kappa shape index (κ3) is 1.70. The van der Waals surface area contributed by atoms with Crippen molar-refractivity contribution in [3.8, 4) is 0 Å². The molecule has 84 valence electrons. The number of halogens is 1. The minimum Gasteiger partial charge on any atom is -0.315 e. The number of nitrogens with one attached hydrogen (secondary N) is 1. The van der Waals surface area contributed by atoms with Crippen LogP contribution in [0.2, 0.25) is 5.02 Å². The third-order valence-electron chi connectivity index (χ3n) is 3.17. The Kier molecular flexibility index (Phi) is 2.58. The monoisotopic (exact) mass is 235 g/mol. The average Bonchev–Trinajstić information content (AvgIpc) is 2.73. The lowest BCUT2D eigenvalue weighted by molar-refractivity contribution is 0.355. The first kappa shape index (κ1) is 10.1. The van der Waals surface area contributed by atoms with Crippen LogP contribution in [0.25, 0.3) is 10.9 Å². The third-order valence-corrected chi connectivity index (χ3v) is 3.41. The molecule has 0 radical (unpaired) electrons. The summed E-state index contributed by atoms with van der Waals surface area (Å²) in [5.41, 5.74) is 1.18. The van der Waals surface area contributed by atoms with E-state index in [0.717, 1.165) is 23.5 Å². The summed E-state index contributed by atoms with van der Waals surface area (Å²) >= 11 is 5.96. The second kappa shape index (κ2) is 4.07. The molecule has 2 heterocycles. The molecule has 0 aliphatic carbocycles. The van der Waals surface area contributed by atoms with E-state index in [-0.39, 0.29) is 0 Å². The van der Waals surface area contributed by atoms with Gasteiger partial charge in [-0.15, -0.1) is 0 Å². The molecule has 0 bridgehead atoms. The maximum atomic E-state index is 5.96. The van der Waals surface area contributed by atoms with E-state index in [2.05, 4.69) is 21.2 Å². The second-order valence-corrected chi connectivity index (χ2v) is 4.73. The van der Waals surface area contributed by atoms with Crippen molar-refractivity contribution < 1.29 is 0 Å². The number of hydrogen-bond acceptors (Lipinski definition) is 2. The Hall–Kier alpha value is -1.06. The molecule has 4 heteroatoms. The summed E-state index contributed by atoms with van der Waals surface area (Å²) in [6.07, 6.45) is 4.32. The van der Waals surface area contributed by atoms with Crippen molar-refractivity contribution in [2.24, 2.45) is 0 Å². The fourth-order valence-corrected chi connectivity index (χ4v) is 2.54. The Morgan fingerprint density at radius 3 is 3.19 bits per heavy atom. The topological polar surface area (TPSA) is 29.9 Å². The number of fused-ring (bicyclic) bond motifs is 1. The lowest BCUT2D eigenvalue weighted by atomic mass is 10.1. The number of rotatable bonds is 1. The van der Waals surface area contributed by atoms with Gasteiger partial charge < -0.3 is 5.32 Å². The molecule has 1 N–H and O–H groups in total. The maximum Gasteiger partial charge on any atom is 0.0687 e. The molecule has 16 heavy (non-hydrogen) atoms. The molecule has 2 aromatic rings. The standard InChI is InChI=1S/C12H14ClN3/c13-10-3-4-12-9(6-10)7-15-16(12)11-2-1-5-14-8-11/h3-4,6-7,11,14H,1-2,5,8H2. The minimum absolute atomic E-state index is 0.479. The summed E-state index contributed by atoms with van der Waals surface area (Å²) < 4.78 is 2.12. The fourth-order valence-electron chi connectivity index (χ4n) is 2.36. The van der Waals surface area contributed by atoms with Crippen molar-refractivity contribution in [1.29, 1.82) is 0 Å². The summed E-state index contributed by atoms with van der Waals surface area (Å²) in [4.78, 5) is 0. The number of hydrogen-bond donors (Lipinski definition) is 1. The molecule has 1 saturated heterocycles. The lowest BCUT2D eigenvalue weighted by Gasteiger charge is -2.23. The van der Waals surface area contributed by atoms with Crippen LogP contribution in [0.4, 0.5) is 0 Å². The van der Waals surface area contributed by atoms with Gasteiger partial charge in [-0.1, -0.05) is 11.6 Å². The van der Waals surface area contributed by atoms with Crippen LogP contribution in [0.15, 0.2) is 24.4 Å². The quantitative estimate of drug-likeness (QED) is 0.824. The summed E-state index contributed by atoms with van der Waals surface area (Å²) in [5.74, 6) is 0. The molecule has 3 rings (SSSR count). The van der Waals surface area contributed by atoms with Crippen LogP contribution in [0.5, 0.6) is 0 Å². The van der Waals surface area contributed by atoms with Crippen LogP contribution in [-0.2, 0) is 0 Å². The highest BCUT2D eigenvalue weighted by Crippen LogP contribution is 2.24. The van der Waals surface area contributed by atoms with E-state index in [1.165, 1.54) is 18.4 Å². The Labute approximate surface area is 99.4 Å². The van der Waals surface area contributed by atoms with Crippen molar-refractivity contribution in [1.82, 2.24) is 15.1 Å². The van der Waals surface area contributed by atoms with Gasteiger partial charge in [0.15, 0.2) is 0 Å². The van der Waals surface area contributed by atoms with Gasteiger partial charge in [0.2, 0.25) is 0 Å². The second-order valence-electron chi connectivity index (χ2n) is 4.29. The zero-order chi connectivity index (χ0) is 11.0. The van der Waals surface area contributed by atoms with E-state index in [9.17, 15) is 0 Å². The van der Waals surface area contributed by atoms with Crippen LogP contribution in [0.3, 0.4) is 0 Å². The summed E-state index contributed by atoms with van der Waals surface area (Å²) in [6.45, 7) is 2.14. The van der Waals surface area contributed by atoms with Gasteiger partial charge in [-0.05, 0) is 37.6 Å². The molecule has 3 nitrogen and oxygen atoms in total. The van der Waals surface area contributed by atoms with Crippen molar-refractivity contribution in [3.05, 3.63) is 29.4 Å². The van der Waals surface area contributed by atoms with Gasteiger partial charge in [0.25, 0.3) is 0 Å². The first-order valence-electron chi connectivity index (χ1n) is 5.68. The first-order valence-corrected chi connectivity index (χ1v) is 6.06. The summed E-state index contributed by atoms with van der Waals surface area (Å²) in [5, 5.41) is 9.79. The van der Waals surface area contributed by atoms with Crippen LogP contribution >= 0.6 is 11.6 Å². The van der Waals surface area contributed by atoms with Crippen LogP contribution in [0.1, 0.15) is 18.9 Å².